The summed E-state index contributed by atoms with van der Waals surface area (Å²) in [7, 11) is -1.88. The Labute approximate surface area is 170 Å². The quantitative estimate of drug-likeness (QED) is 0.625. The average molecular weight is 417 g/mol. The van der Waals surface area contributed by atoms with Crippen LogP contribution < -0.4 is 9.46 Å². The molecule has 0 radical (unpaired) electrons. The van der Waals surface area contributed by atoms with Gasteiger partial charge >= 0.3 is 0 Å². The summed E-state index contributed by atoms with van der Waals surface area (Å²) in [5.41, 5.74) is 3.99. The van der Waals surface area contributed by atoms with Gasteiger partial charge in [0.05, 0.1) is 17.7 Å². The van der Waals surface area contributed by atoms with Crippen LogP contribution in [-0.2, 0) is 16.4 Å². The molecule has 1 aromatic heterocycles. The zero-order valence-electron chi connectivity index (χ0n) is 16.4. The third-order valence-corrected chi connectivity index (χ3v) is 7.39. The first-order valence-corrected chi connectivity index (χ1v) is 11.3. The second kappa shape index (κ2) is 8.43. The second-order valence-electron chi connectivity index (χ2n) is 6.65. The van der Waals surface area contributed by atoms with Gasteiger partial charge in [-0.2, -0.15) is 0 Å². The van der Waals surface area contributed by atoms with Crippen LogP contribution in [0.1, 0.15) is 21.7 Å². The fraction of sp³-hybridized carbons (Fsp3) is 0.286. The van der Waals surface area contributed by atoms with E-state index < -0.39 is 10.0 Å². The van der Waals surface area contributed by atoms with Gasteiger partial charge in [-0.05, 0) is 74.7 Å². The predicted octanol–water partition coefficient (Wildman–Crippen LogP) is 4.26. The van der Waals surface area contributed by atoms with Crippen LogP contribution in [0.25, 0.3) is 10.6 Å². The SMILES string of the molecule is COc1ccc(-c2nc(C)c(CCNS(=O)(=O)c3ccc(C)c(C)c3)s2)cc1. The highest BCUT2D eigenvalue weighted by molar-refractivity contribution is 7.89. The summed E-state index contributed by atoms with van der Waals surface area (Å²) in [4.78, 5) is 6.01. The van der Waals surface area contributed by atoms with Gasteiger partial charge in [0.2, 0.25) is 10.0 Å². The van der Waals surface area contributed by atoms with Gasteiger partial charge in [0.25, 0.3) is 0 Å². The molecule has 148 valence electrons. The lowest BCUT2D eigenvalue weighted by Crippen LogP contribution is -2.26. The number of sulfonamides is 1. The topological polar surface area (TPSA) is 68.3 Å². The first kappa shape index (κ1) is 20.5. The Morgan fingerprint density at radius 3 is 2.39 bits per heavy atom. The van der Waals surface area contributed by atoms with Gasteiger partial charge in [-0.3, -0.25) is 0 Å². The van der Waals surface area contributed by atoms with Crippen molar-refractivity contribution in [3.8, 4) is 16.3 Å². The molecular weight excluding hydrogens is 392 g/mol. The van der Waals surface area contributed by atoms with E-state index in [0.717, 1.165) is 38.0 Å². The standard InChI is InChI=1S/C21H24N2O3S2/c1-14-5-10-19(13-15(14)2)28(24,25)22-12-11-20-16(3)23-21(27-20)17-6-8-18(26-4)9-7-17/h5-10,13,22H,11-12H2,1-4H3. The van der Waals surface area contributed by atoms with E-state index in [0.29, 0.717) is 17.9 Å². The number of aromatic nitrogens is 1. The number of ether oxygens (including phenoxy) is 1. The van der Waals surface area contributed by atoms with Crippen molar-refractivity contribution in [2.75, 3.05) is 13.7 Å². The maximum absolute atomic E-state index is 12.5. The summed E-state index contributed by atoms with van der Waals surface area (Å²) < 4.78 is 32.9. The number of hydrogen-bond donors (Lipinski definition) is 1. The normalized spacial score (nSPS) is 11.6. The molecule has 1 N–H and O–H groups in total. The highest BCUT2D eigenvalue weighted by Gasteiger charge is 2.15. The van der Waals surface area contributed by atoms with E-state index in [1.807, 2.05) is 51.1 Å². The molecule has 0 unspecified atom stereocenters. The summed E-state index contributed by atoms with van der Waals surface area (Å²) >= 11 is 1.59. The van der Waals surface area contributed by atoms with Crippen LogP contribution in [0.15, 0.2) is 47.4 Å². The van der Waals surface area contributed by atoms with Gasteiger partial charge in [0.1, 0.15) is 10.8 Å². The first-order valence-electron chi connectivity index (χ1n) is 8.98. The molecule has 0 bridgehead atoms. The lowest BCUT2D eigenvalue weighted by atomic mass is 10.1. The minimum Gasteiger partial charge on any atom is -0.497 e. The highest BCUT2D eigenvalue weighted by atomic mass is 32.2. The Morgan fingerprint density at radius 2 is 1.75 bits per heavy atom. The molecule has 2 aromatic carbocycles. The summed E-state index contributed by atoms with van der Waals surface area (Å²) in [5.74, 6) is 0.804. The number of benzene rings is 2. The third-order valence-electron chi connectivity index (χ3n) is 4.66. The number of hydrogen-bond acceptors (Lipinski definition) is 5. The van der Waals surface area contributed by atoms with Crippen molar-refractivity contribution in [2.24, 2.45) is 0 Å². The molecule has 0 saturated carbocycles. The van der Waals surface area contributed by atoms with E-state index in [4.69, 9.17) is 4.74 Å². The van der Waals surface area contributed by atoms with E-state index in [-0.39, 0.29) is 0 Å². The Morgan fingerprint density at radius 1 is 1.04 bits per heavy atom. The van der Waals surface area contributed by atoms with Crippen LogP contribution in [0.5, 0.6) is 5.75 Å². The Kier molecular flexibility index (Phi) is 6.17. The molecule has 0 amide bonds. The van der Waals surface area contributed by atoms with Gasteiger partial charge in [-0.15, -0.1) is 11.3 Å². The molecular formula is C21H24N2O3S2. The minimum absolute atomic E-state index is 0.301. The van der Waals surface area contributed by atoms with Crippen LogP contribution >= 0.6 is 11.3 Å². The summed E-state index contributed by atoms with van der Waals surface area (Å²) in [6.07, 6.45) is 0.601. The summed E-state index contributed by atoms with van der Waals surface area (Å²) in [5, 5.41) is 0.923. The molecule has 0 aliphatic carbocycles. The smallest absolute Gasteiger partial charge is 0.240 e. The van der Waals surface area contributed by atoms with Crippen molar-refractivity contribution < 1.29 is 13.2 Å². The van der Waals surface area contributed by atoms with Crippen molar-refractivity contribution >= 4 is 21.4 Å². The van der Waals surface area contributed by atoms with E-state index in [2.05, 4.69) is 9.71 Å². The summed E-state index contributed by atoms with van der Waals surface area (Å²) in [6, 6.07) is 12.9. The van der Waals surface area contributed by atoms with Gasteiger partial charge in [0.15, 0.2) is 0 Å². The van der Waals surface area contributed by atoms with Gasteiger partial charge in [-0.1, -0.05) is 6.07 Å². The molecule has 0 aliphatic heterocycles. The predicted molar refractivity (Wildman–Crippen MR) is 114 cm³/mol. The minimum atomic E-state index is -3.52. The monoisotopic (exact) mass is 416 g/mol. The van der Waals surface area contributed by atoms with Crippen molar-refractivity contribution in [2.45, 2.75) is 32.1 Å². The second-order valence-corrected chi connectivity index (χ2v) is 9.50. The number of nitrogens with zero attached hydrogens (tertiary/aromatic N) is 1. The zero-order chi connectivity index (χ0) is 20.3. The molecule has 1 heterocycles. The van der Waals surface area contributed by atoms with E-state index in [1.165, 1.54) is 0 Å². The largest absolute Gasteiger partial charge is 0.497 e. The third kappa shape index (κ3) is 4.60. The van der Waals surface area contributed by atoms with Crippen LogP contribution in [0.3, 0.4) is 0 Å². The maximum Gasteiger partial charge on any atom is 0.240 e. The van der Waals surface area contributed by atoms with Crippen LogP contribution in [0, 0.1) is 20.8 Å². The molecule has 0 fully saturated rings. The van der Waals surface area contributed by atoms with Crippen molar-refractivity contribution in [1.29, 1.82) is 0 Å². The van der Waals surface area contributed by atoms with Crippen LogP contribution in [0.2, 0.25) is 0 Å². The number of methoxy groups -OCH3 is 1. The Hall–Kier alpha value is -2.22. The Bertz CT molecular complexity index is 1070. The molecule has 0 atom stereocenters. The molecule has 7 heteroatoms. The number of aryl methyl sites for hydroxylation is 3. The van der Waals surface area contributed by atoms with E-state index in [1.54, 1.807) is 30.6 Å². The number of nitrogens with one attached hydrogen (secondary N) is 1. The lowest BCUT2D eigenvalue weighted by molar-refractivity contribution is 0.415. The fourth-order valence-corrected chi connectivity index (χ4v) is 4.96. The molecule has 0 saturated heterocycles. The van der Waals surface area contributed by atoms with Crippen LogP contribution in [0.4, 0.5) is 0 Å². The molecule has 3 aromatic rings. The lowest BCUT2D eigenvalue weighted by Gasteiger charge is -2.08. The highest BCUT2D eigenvalue weighted by Crippen LogP contribution is 2.29. The maximum atomic E-state index is 12.5. The first-order chi connectivity index (χ1) is 13.3. The molecule has 3 rings (SSSR count). The average Bonchev–Trinajstić information content (AvgIpc) is 3.04. The number of thiazole rings is 1. The van der Waals surface area contributed by atoms with Gasteiger partial charge in [0, 0.05) is 17.0 Å². The molecule has 0 aliphatic rings. The zero-order valence-corrected chi connectivity index (χ0v) is 18.1. The molecule has 0 spiro atoms. The van der Waals surface area contributed by atoms with Gasteiger partial charge < -0.3 is 4.74 Å². The van der Waals surface area contributed by atoms with E-state index in [9.17, 15) is 8.42 Å². The Balaban J connectivity index is 1.67. The van der Waals surface area contributed by atoms with Crippen molar-refractivity contribution in [3.05, 3.63) is 64.2 Å². The summed E-state index contributed by atoms with van der Waals surface area (Å²) in [6.45, 7) is 6.17. The van der Waals surface area contributed by atoms with Gasteiger partial charge in [-0.25, -0.2) is 18.1 Å². The molecule has 28 heavy (non-hydrogen) atoms. The van der Waals surface area contributed by atoms with Crippen molar-refractivity contribution in [1.82, 2.24) is 9.71 Å². The number of rotatable bonds is 7. The van der Waals surface area contributed by atoms with E-state index >= 15 is 0 Å². The molecule has 5 nitrogen and oxygen atoms in total. The van der Waals surface area contributed by atoms with Crippen molar-refractivity contribution in [3.63, 3.8) is 0 Å². The fourth-order valence-electron chi connectivity index (χ4n) is 2.78. The van der Waals surface area contributed by atoms with Crippen LogP contribution in [-0.4, -0.2) is 27.1 Å².